The summed E-state index contributed by atoms with van der Waals surface area (Å²) in [5.74, 6) is -1.45. The van der Waals surface area contributed by atoms with E-state index in [0.29, 0.717) is 22.5 Å². The number of fused-ring (bicyclic) bond motifs is 8. The molecule has 0 saturated heterocycles. The number of hydrogen-bond donors (Lipinski definition) is 4. The van der Waals surface area contributed by atoms with Crippen LogP contribution < -0.4 is 0 Å². The summed E-state index contributed by atoms with van der Waals surface area (Å²) in [6.07, 6.45) is 2.41. The van der Waals surface area contributed by atoms with E-state index in [9.17, 15) is 19.8 Å². The SMILES string of the molecule is C=CC1=C(C)c2cc3nc(cc4[nH]c(cc5[nH]c(cc1n2)c(C)c5C=C)c(C)c4C(O)CC(=O)OC)C(CCC(=O)O)=C3C. The lowest BCUT2D eigenvalue weighted by Gasteiger charge is -2.10. The van der Waals surface area contributed by atoms with Crippen LogP contribution in [0, 0.1) is 13.8 Å². The molecule has 9 heteroatoms. The number of rotatable bonds is 8. The van der Waals surface area contributed by atoms with Crippen molar-refractivity contribution in [3.8, 4) is 0 Å². The molecule has 0 spiro atoms. The molecule has 1 atom stereocenters. The van der Waals surface area contributed by atoms with Gasteiger partial charge in [0.2, 0.25) is 0 Å². The van der Waals surface area contributed by atoms with E-state index in [4.69, 9.17) is 14.7 Å². The van der Waals surface area contributed by atoms with Gasteiger partial charge in [0.1, 0.15) is 0 Å². The first-order valence-corrected chi connectivity index (χ1v) is 14.4. The van der Waals surface area contributed by atoms with Crippen molar-refractivity contribution < 1.29 is 24.5 Å². The highest BCUT2D eigenvalue weighted by Gasteiger charge is 2.24. The van der Waals surface area contributed by atoms with Gasteiger partial charge in [0.25, 0.3) is 0 Å². The Balaban J connectivity index is 1.95. The number of carbonyl (C=O) groups is 2. The number of aliphatic carboxylic acids is 1. The standard InChI is InChI=1S/C35H36N4O5/c1-8-21-17(3)24-12-25-19(5)23(10-11-33(41)42)30(38-25)15-31-35(32(40)16-34(43)44-7)20(6)27(39-31)14-29-22(9-2)18(4)26(37-29)13-28(21)36-24/h8-9,12-15,32,37,39-40H,1-2,10-11,16H2,3-7H3,(H,41,42). The van der Waals surface area contributed by atoms with Crippen LogP contribution in [0.3, 0.4) is 0 Å². The van der Waals surface area contributed by atoms with Crippen LogP contribution in [0.15, 0.2) is 43.5 Å². The van der Waals surface area contributed by atoms with Crippen molar-refractivity contribution >= 4 is 62.4 Å². The summed E-state index contributed by atoms with van der Waals surface area (Å²) < 4.78 is 4.83. The number of esters is 1. The van der Waals surface area contributed by atoms with Crippen LogP contribution in [-0.4, -0.2) is 49.2 Å². The molecule has 0 fully saturated rings. The second kappa shape index (κ2) is 11.9. The molecule has 2 aliphatic heterocycles. The Morgan fingerprint density at radius 2 is 1.50 bits per heavy atom. The van der Waals surface area contributed by atoms with Crippen LogP contribution in [0.5, 0.6) is 0 Å². The van der Waals surface area contributed by atoms with Crippen molar-refractivity contribution in [2.24, 2.45) is 0 Å². The highest BCUT2D eigenvalue weighted by Crippen LogP contribution is 2.38. The first-order chi connectivity index (χ1) is 21.0. The van der Waals surface area contributed by atoms with Gasteiger partial charge in [-0.25, -0.2) is 9.97 Å². The second-order valence-corrected chi connectivity index (χ2v) is 11.1. The summed E-state index contributed by atoms with van der Waals surface area (Å²) in [6, 6.07) is 7.67. The number of aromatic amines is 2. The van der Waals surface area contributed by atoms with Gasteiger partial charge >= 0.3 is 11.9 Å². The van der Waals surface area contributed by atoms with Crippen LogP contribution >= 0.6 is 0 Å². The number of ether oxygens (including phenoxy) is 1. The maximum atomic E-state index is 12.2. The molecular weight excluding hydrogens is 556 g/mol. The van der Waals surface area contributed by atoms with Crippen molar-refractivity contribution in [1.82, 2.24) is 19.9 Å². The third-order valence-electron chi connectivity index (χ3n) is 8.47. The largest absolute Gasteiger partial charge is 0.481 e. The number of allylic oxidation sites excluding steroid dienone is 5. The van der Waals surface area contributed by atoms with Crippen LogP contribution in [-0.2, 0) is 14.3 Å². The van der Waals surface area contributed by atoms with E-state index in [2.05, 4.69) is 23.1 Å². The summed E-state index contributed by atoms with van der Waals surface area (Å²) in [5, 5.41) is 20.7. The molecule has 1 unspecified atom stereocenters. The molecule has 0 aliphatic carbocycles. The minimum Gasteiger partial charge on any atom is -0.481 e. The van der Waals surface area contributed by atoms with Gasteiger partial charge in [-0.05, 0) is 86.2 Å². The molecule has 4 N–H and O–H groups in total. The number of aromatic nitrogens is 4. The fraction of sp³-hybridized carbons (Fsp3) is 0.257. The van der Waals surface area contributed by atoms with Crippen LogP contribution in [0.4, 0.5) is 0 Å². The Morgan fingerprint density at radius 1 is 0.864 bits per heavy atom. The molecule has 9 nitrogen and oxygen atoms in total. The number of hydrogen-bond acceptors (Lipinski definition) is 6. The summed E-state index contributed by atoms with van der Waals surface area (Å²) >= 11 is 0. The average Bonchev–Trinajstić information content (AvgIpc) is 3.64. The highest BCUT2D eigenvalue weighted by molar-refractivity contribution is 5.98. The minimum absolute atomic E-state index is 0.0700. The number of nitrogens with one attached hydrogen (secondary N) is 2. The van der Waals surface area contributed by atoms with Gasteiger partial charge in [-0.1, -0.05) is 25.3 Å². The smallest absolute Gasteiger partial charge is 0.308 e. The minimum atomic E-state index is -1.15. The second-order valence-electron chi connectivity index (χ2n) is 11.1. The molecule has 5 rings (SSSR count). The zero-order valence-corrected chi connectivity index (χ0v) is 25.6. The molecule has 2 aliphatic rings. The van der Waals surface area contributed by atoms with Gasteiger partial charge in [-0.15, -0.1) is 0 Å². The van der Waals surface area contributed by atoms with E-state index in [1.165, 1.54) is 7.11 Å². The van der Waals surface area contributed by atoms with E-state index >= 15 is 0 Å². The molecule has 3 aromatic heterocycles. The molecule has 8 bridgehead atoms. The number of H-pyrrole nitrogens is 2. The van der Waals surface area contributed by atoms with Gasteiger partial charge in [-0.2, -0.15) is 0 Å². The third kappa shape index (κ3) is 5.42. The number of aliphatic hydroxyl groups is 1. The lowest BCUT2D eigenvalue weighted by molar-refractivity contribution is -0.143. The van der Waals surface area contributed by atoms with Crippen LogP contribution in [0.1, 0.15) is 84.2 Å². The fourth-order valence-corrected chi connectivity index (χ4v) is 5.95. The van der Waals surface area contributed by atoms with Gasteiger partial charge in [0, 0.05) is 45.2 Å². The van der Waals surface area contributed by atoms with Crippen LogP contribution in [0.25, 0.3) is 50.4 Å². The van der Waals surface area contributed by atoms with Crippen molar-refractivity contribution in [3.05, 3.63) is 88.5 Å². The Hall–Kier alpha value is -5.02. The Labute approximate surface area is 255 Å². The topological polar surface area (TPSA) is 141 Å². The predicted octanol–water partition coefficient (Wildman–Crippen LogP) is 7.08. The molecule has 0 radical (unpaired) electrons. The van der Waals surface area contributed by atoms with Crippen molar-refractivity contribution in [2.45, 2.75) is 53.1 Å². The first-order valence-electron chi connectivity index (χ1n) is 14.4. The highest BCUT2D eigenvalue weighted by atomic mass is 16.5. The van der Waals surface area contributed by atoms with E-state index in [0.717, 1.165) is 66.9 Å². The van der Waals surface area contributed by atoms with Gasteiger partial charge in [0.05, 0.1) is 42.4 Å². The molecular formula is C35H36N4O5. The van der Waals surface area contributed by atoms with Crippen molar-refractivity contribution in [2.75, 3.05) is 7.11 Å². The Kier molecular flexibility index (Phi) is 8.25. The Bertz CT molecular complexity index is 1970. The third-order valence-corrected chi connectivity index (χ3v) is 8.47. The van der Waals surface area contributed by atoms with E-state index < -0.39 is 18.0 Å². The summed E-state index contributed by atoms with van der Waals surface area (Å²) in [4.78, 5) is 40.6. The summed E-state index contributed by atoms with van der Waals surface area (Å²) in [7, 11) is 1.28. The number of nitrogens with zero attached hydrogens (tertiary/aromatic N) is 2. The maximum absolute atomic E-state index is 12.2. The number of aryl methyl sites for hydroxylation is 2. The zero-order chi connectivity index (χ0) is 31.9. The van der Waals surface area contributed by atoms with Gasteiger partial charge in [-0.3, -0.25) is 9.59 Å². The fourth-order valence-electron chi connectivity index (χ4n) is 5.95. The summed E-state index contributed by atoms with van der Waals surface area (Å²) in [5.41, 5.74) is 12.4. The summed E-state index contributed by atoms with van der Waals surface area (Å²) in [6.45, 7) is 15.9. The lowest BCUT2D eigenvalue weighted by atomic mass is 9.99. The van der Waals surface area contributed by atoms with Crippen molar-refractivity contribution in [1.29, 1.82) is 0 Å². The molecule has 3 aromatic rings. The molecule has 44 heavy (non-hydrogen) atoms. The molecule has 226 valence electrons. The van der Waals surface area contributed by atoms with E-state index in [1.807, 2.05) is 52.0 Å². The van der Waals surface area contributed by atoms with Gasteiger partial charge < -0.3 is 24.9 Å². The maximum Gasteiger partial charge on any atom is 0.308 e. The first kappa shape index (κ1) is 30.4. The number of methoxy groups -OCH3 is 1. The number of carboxylic acid groups (broad SMARTS) is 1. The quantitative estimate of drug-likeness (QED) is 0.205. The molecule has 0 amide bonds. The molecule has 0 saturated carbocycles. The number of carboxylic acids is 1. The van der Waals surface area contributed by atoms with Crippen LogP contribution in [0.2, 0.25) is 0 Å². The normalized spacial score (nSPS) is 13.7. The zero-order valence-electron chi connectivity index (χ0n) is 25.6. The average molecular weight is 593 g/mol. The lowest BCUT2D eigenvalue weighted by Crippen LogP contribution is -2.08. The molecule has 0 aromatic carbocycles. The number of aliphatic hydroxyl groups excluding tert-OH is 1. The predicted molar refractivity (Wildman–Crippen MR) is 174 cm³/mol. The Morgan fingerprint density at radius 3 is 2.16 bits per heavy atom. The molecule has 5 heterocycles. The van der Waals surface area contributed by atoms with Crippen molar-refractivity contribution in [3.63, 3.8) is 0 Å². The monoisotopic (exact) mass is 592 g/mol. The number of carbonyl (C=O) groups excluding carboxylic acids is 1. The van der Waals surface area contributed by atoms with Gasteiger partial charge in [0.15, 0.2) is 0 Å². The van der Waals surface area contributed by atoms with E-state index in [1.54, 1.807) is 12.2 Å². The van der Waals surface area contributed by atoms with E-state index in [-0.39, 0.29) is 19.3 Å².